The number of benzene rings is 2. The van der Waals surface area contributed by atoms with Gasteiger partial charge in [-0.3, -0.25) is 4.79 Å². The van der Waals surface area contributed by atoms with E-state index in [0.717, 1.165) is 28.9 Å². The van der Waals surface area contributed by atoms with Crippen molar-refractivity contribution in [1.82, 2.24) is 0 Å². The van der Waals surface area contributed by atoms with Crippen LogP contribution >= 0.6 is 0 Å². The van der Waals surface area contributed by atoms with Crippen molar-refractivity contribution in [2.45, 2.75) is 12.8 Å². The van der Waals surface area contributed by atoms with Crippen LogP contribution in [-0.4, -0.2) is 25.1 Å². The summed E-state index contributed by atoms with van der Waals surface area (Å²) in [7, 11) is 3.11. The number of carbonyl (C=O) groups excluding carboxylic acids is 1. The first kappa shape index (κ1) is 15.2. The minimum absolute atomic E-state index is 0.0518. The number of allylic oxidation sites excluding steroid dienone is 1. The van der Waals surface area contributed by atoms with Crippen LogP contribution in [0.4, 0.5) is 0 Å². The summed E-state index contributed by atoms with van der Waals surface area (Å²) < 4.78 is 10.3. The second-order valence-electron chi connectivity index (χ2n) is 5.44. The number of ketones is 1. The fourth-order valence-corrected chi connectivity index (χ4v) is 2.81. The largest absolute Gasteiger partial charge is 0.504 e. The van der Waals surface area contributed by atoms with Crippen molar-refractivity contribution in [3.63, 3.8) is 0 Å². The third-order valence-corrected chi connectivity index (χ3v) is 4.04. The number of fused-ring (bicyclic) bond motifs is 1. The summed E-state index contributed by atoms with van der Waals surface area (Å²) in [5.74, 6) is 1.28. The van der Waals surface area contributed by atoms with Gasteiger partial charge in [0.2, 0.25) is 0 Å². The van der Waals surface area contributed by atoms with E-state index in [0.29, 0.717) is 17.7 Å². The lowest BCUT2D eigenvalue weighted by Crippen LogP contribution is -2.12. The molecule has 0 aliphatic heterocycles. The Labute approximate surface area is 135 Å². The normalized spacial score (nSPS) is 15.4. The number of rotatable bonds is 3. The molecule has 3 rings (SSSR count). The molecule has 1 N–H and O–H groups in total. The van der Waals surface area contributed by atoms with Crippen LogP contribution < -0.4 is 9.47 Å². The maximum Gasteiger partial charge on any atom is 0.163 e. The van der Waals surface area contributed by atoms with Crippen molar-refractivity contribution in [3.8, 4) is 17.2 Å². The van der Waals surface area contributed by atoms with Gasteiger partial charge in [-0.1, -0.05) is 12.1 Å². The van der Waals surface area contributed by atoms with Gasteiger partial charge in [0.1, 0.15) is 5.75 Å². The number of carbonyl (C=O) groups is 1. The maximum absolute atomic E-state index is 12.4. The molecule has 0 fully saturated rings. The lowest BCUT2D eigenvalue weighted by Gasteiger charge is -2.19. The molecule has 0 aromatic heterocycles. The number of phenolic OH excluding ortho intramolecular Hbond substituents is 1. The van der Waals surface area contributed by atoms with Gasteiger partial charge in [-0.2, -0.15) is 0 Å². The molecule has 2 aromatic carbocycles. The van der Waals surface area contributed by atoms with E-state index in [1.807, 2.05) is 24.3 Å². The maximum atomic E-state index is 12.4. The minimum atomic E-state index is 0.0518. The van der Waals surface area contributed by atoms with Gasteiger partial charge < -0.3 is 14.6 Å². The van der Waals surface area contributed by atoms with Crippen LogP contribution in [0, 0.1) is 0 Å². The van der Waals surface area contributed by atoms with Gasteiger partial charge in [-0.15, -0.1) is 0 Å². The molecule has 1 aliphatic rings. The first-order valence-corrected chi connectivity index (χ1v) is 7.41. The average molecular weight is 310 g/mol. The third kappa shape index (κ3) is 2.93. The van der Waals surface area contributed by atoms with E-state index in [9.17, 15) is 9.90 Å². The van der Waals surface area contributed by atoms with Crippen LogP contribution in [0.5, 0.6) is 17.2 Å². The molecular formula is C19H18O4. The summed E-state index contributed by atoms with van der Waals surface area (Å²) in [6, 6.07) is 10.9. The van der Waals surface area contributed by atoms with Crippen LogP contribution in [0.1, 0.15) is 23.1 Å². The van der Waals surface area contributed by atoms with Gasteiger partial charge in [0.25, 0.3) is 0 Å². The number of hydrogen-bond donors (Lipinski definition) is 1. The Kier molecular flexibility index (Phi) is 4.06. The third-order valence-electron chi connectivity index (χ3n) is 4.04. The minimum Gasteiger partial charge on any atom is -0.504 e. The summed E-state index contributed by atoms with van der Waals surface area (Å²) >= 11 is 0. The molecule has 118 valence electrons. The van der Waals surface area contributed by atoms with Crippen LogP contribution in [0.15, 0.2) is 36.4 Å². The number of aromatic hydroxyl groups is 1. The summed E-state index contributed by atoms with van der Waals surface area (Å²) in [5.41, 5.74) is 3.43. The molecular weight excluding hydrogens is 292 g/mol. The smallest absolute Gasteiger partial charge is 0.163 e. The van der Waals surface area contributed by atoms with Crippen LogP contribution in [0.3, 0.4) is 0 Å². The second-order valence-corrected chi connectivity index (χ2v) is 5.44. The SMILES string of the molecule is COc1ccc2c(c1)/C(=C\c1ccc(OC)c(O)c1)C(=O)CC2. The Morgan fingerprint density at radius 2 is 1.87 bits per heavy atom. The summed E-state index contributed by atoms with van der Waals surface area (Å²) in [6.07, 6.45) is 3.04. The highest BCUT2D eigenvalue weighted by Crippen LogP contribution is 2.34. The Balaban J connectivity index is 2.08. The van der Waals surface area contributed by atoms with E-state index in [1.165, 1.54) is 7.11 Å². The standard InChI is InChI=1S/C19H18O4/c1-22-14-6-4-13-5-7-17(20)16(15(13)11-14)9-12-3-8-19(23-2)18(21)10-12/h3-4,6,8-11,21H,5,7H2,1-2H3/b16-9+. The number of methoxy groups -OCH3 is 2. The molecule has 0 saturated heterocycles. The van der Waals surface area contributed by atoms with Crippen molar-refractivity contribution >= 4 is 17.4 Å². The number of aryl methyl sites for hydroxylation is 1. The molecule has 0 bridgehead atoms. The topological polar surface area (TPSA) is 55.8 Å². The van der Waals surface area contributed by atoms with E-state index in [2.05, 4.69) is 0 Å². The quantitative estimate of drug-likeness (QED) is 0.882. The van der Waals surface area contributed by atoms with Crippen molar-refractivity contribution in [1.29, 1.82) is 0 Å². The molecule has 23 heavy (non-hydrogen) atoms. The summed E-state index contributed by atoms with van der Waals surface area (Å²) in [5, 5.41) is 9.90. The van der Waals surface area contributed by atoms with Crippen LogP contribution in [0.2, 0.25) is 0 Å². The molecule has 0 heterocycles. The zero-order valence-corrected chi connectivity index (χ0v) is 13.1. The fourth-order valence-electron chi connectivity index (χ4n) is 2.81. The number of ether oxygens (including phenoxy) is 2. The molecule has 4 heteroatoms. The number of phenols is 1. The Morgan fingerprint density at radius 1 is 1.04 bits per heavy atom. The average Bonchev–Trinajstić information content (AvgIpc) is 2.57. The van der Waals surface area contributed by atoms with Gasteiger partial charge in [0.15, 0.2) is 17.3 Å². The number of hydrogen-bond acceptors (Lipinski definition) is 4. The zero-order chi connectivity index (χ0) is 16.4. The van der Waals surface area contributed by atoms with Gasteiger partial charge >= 0.3 is 0 Å². The van der Waals surface area contributed by atoms with Gasteiger partial charge in [-0.05, 0) is 53.5 Å². The molecule has 0 atom stereocenters. The van der Waals surface area contributed by atoms with Crippen molar-refractivity contribution in [2.24, 2.45) is 0 Å². The van der Waals surface area contributed by atoms with E-state index in [1.54, 1.807) is 25.3 Å². The van der Waals surface area contributed by atoms with Gasteiger partial charge in [0, 0.05) is 12.0 Å². The highest BCUT2D eigenvalue weighted by molar-refractivity contribution is 6.26. The van der Waals surface area contributed by atoms with E-state index in [-0.39, 0.29) is 11.5 Å². The van der Waals surface area contributed by atoms with Crippen molar-refractivity contribution < 1.29 is 19.4 Å². The monoisotopic (exact) mass is 310 g/mol. The zero-order valence-electron chi connectivity index (χ0n) is 13.1. The molecule has 0 radical (unpaired) electrons. The van der Waals surface area contributed by atoms with Crippen LogP contribution in [-0.2, 0) is 11.2 Å². The highest BCUT2D eigenvalue weighted by Gasteiger charge is 2.22. The summed E-state index contributed by atoms with van der Waals surface area (Å²) in [6.45, 7) is 0. The lowest BCUT2D eigenvalue weighted by atomic mass is 9.85. The highest BCUT2D eigenvalue weighted by atomic mass is 16.5. The molecule has 0 saturated carbocycles. The lowest BCUT2D eigenvalue weighted by molar-refractivity contribution is -0.113. The van der Waals surface area contributed by atoms with E-state index in [4.69, 9.17) is 9.47 Å². The Morgan fingerprint density at radius 3 is 2.57 bits per heavy atom. The Hall–Kier alpha value is -2.75. The second kappa shape index (κ2) is 6.16. The van der Waals surface area contributed by atoms with Gasteiger partial charge in [0.05, 0.1) is 14.2 Å². The predicted molar refractivity (Wildman–Crippen MR) is 88.9 cm³/mol. The molecule has 4 nitrogen and oxygen atoms in total. The van der Waals surface area contributed by atoms with Crippen molar-refractivity contribution in [3.05, 3.63) is 53.1 Å². The van der Waals surface area contributed by atoms with E-state index < -0.39 is 0 Å². The van der Waals surface area contributed by atoms with Gasteiger partial charge in [-0.25, -0.2) is 0 Å². The van der Waals surface area contributed by atoms with E-state index >= 15 is 0 Å². The fraction of sp³-hybridized carbons (Fsp3) is 0.211. The summed E-state index contributed by atoms with van der Waals surface area (Å²) in [4.78, 5) is 12.4. The van der Waals surface area contributed by atoms with Crippen LogP contribution in [0.25, 0.3) is 11.6 Å². The predicted octanol–water partition coefficient (Wildman–Crippen LogP) is 3.47. The molecule has 0 amide bonds. The first-order chi connectivity index (χ1) is 11.1. The molecule has 1 aliphatic carbocycles. The Bertz CT molecular complexity index is 790. The molecule has 2 aromatic rings. The first-order valence-electron chi connectivity index (χ1n) is 7.41. The molecule has 0 unspecified atom stereocenters. The number of Topliss-reactive ketones (excluding diaryl/α,β-unsaturated/α-hetero) is 1. The molecule has 0 spiro atoms. The van der Waals surface area contributed by atoms with Crippen molar-refractivity contribution in [2.75, 3.05) is 14.2 Å².